The van der Waals surface area contributed by atoms with E-state index in [9.17, 15) is 9.59 Å². The maximum Gasteiger partial charge on any atom is 0.284 e. The topological polar surface area (TPSA) is 53.5 Å². The molecule has 2 amide bonds. The Bertz CT molecular complexity index is 696. The summed E-state index contributed by atoms with van der Waals surface area (Å²) < 4.78 is 0. The van der Waals surface area contributed by atoms with Crippen molar-refractivity contribution in [2.24, 2.45) is 0 Å². The van der Waals surface area contributed by atoms with Crippen LogP contribution in [0, 0.1) is 0 Å². The van der Waals surface area contributed by atoms with Gasteiger partial charge in [0, 0.05) is 14.1 Å². The number of amides is 2. The van der Waals surface area contributed by atoms with Crippen LogP contribution < -0.4 is 9.80 Å². The Morgan fingerprint density at radius 1 is 1.05 bits per heavy atom. The molecule has 0 fully saturated rings. The Hall–Kier alpha value is -2.69. The van der Waals surface area contributed by atoms with Gasteiger partial charge in [-0.3, -0.25) is 9.59 Å². The van der Waals surface area contributed by atoms with Crippen molar-refractivity contribution in [3.8, 4) is 0 Å². The highest BCUT2D eigenvalue weighted by atomic mass is 16.2. The van der Waals surface area contributed by atoms with Gasteiger partial charge in [0.1, 0.15) is 5.69 Å². The van der Waals surface area contributed by atoms with Gasteiger partial charge in [-0.05, 0) is 18.2 Å². The summed E-state index contributed by atoms with van der Waals surface area (Å²) in [6.07, 6.45) is 1.60. The molecular formula is C15H13N3O2. The molecule has 3 rings (SSSR count). The van der Waals surface area contributed by atoms with Crippen LogP contribution in [0.4, 0.5) is 11.4 Å². The maximum absolute atomic E-state index is 12.4. The molecule has 0 saturated carbocycles. The predicted molar refractivity (Wildman–Crippen MR) is 76.1 cm³/mol. The summed E-state index contributed by atoms with van der Waals surface area (Å²) in [6, 6.07) is 10.6. The number of pyridine rings is 1. The second kappa shape index (κ2) is 4.45. The number of para-hydroxylation sites is 1. The van der Waals surface area contributed by atoms with E-state index in [1.165, 1.54) is 0 Å². The first kappa shape index (κ1) is 12.3. The molecule has 2 aromatic rings. The molecule has 0 bridgehead atoms. The first-order valence-corrected chi connectivity index (χ1v) is 6.21. The largest absolute Gasteiger partial charge is 0.376 e. The molecule has 0 spiro atoms. The normalized spacial score (nSPS) is 13.6. The second-order valence-electron chi connectivity index (χ2n) is 4.77. The third-order valence-corrected chi connectivity index (χ3v) is 3.24. The number of benzene rings is 1. The van der Waals surface area contributed by atoms with Gasteiger partial charge in [-0.25, -0.2) is 9.88 Å². The molecule has 5 heteroatoms. The summed E-state index contributed by atoms with van der Waals surface area (Å²) >= 11 is 0. The van der Waals surface area contributed by atoms with Gasteiger partial charge in [0.2, 0.25) is 0 Å². The molecular weight excluding hydrogens is 254 g/mol. The van der Waals surface area contributed by atoms with E-state index in [1.807, 2.05) is 25.1 Å². The van der Waals surface area contributed by atoms with Gasteiger partial charge in [-0.2, -0.15) is 0 Å². The van der Waals surface area contributed by atoms with E-state index in [4.69, 9.17) is 0 Å². The number of imide groups is 1. The number of anilines is 2. The SMILES string of the molecule is CN(C)c1cnc2c(c1)C(=O)N(c1ccccc1)C2=O. The average Bonchev–Trinajstić information content (AvgIpc) is 2.71. The van der Waals surface area contributed by atoms with Crippen LogP contribution in [-0.2, 0) is 0 Å². The Labute approximate surface area is 116 Å². The van der Waals surface area contributed by atoms with Gasteiger partial charge in [0.05, 0.1) is 23.1 Å². The summed E-state index contributed by atoms with van der Waals surface area (Å²) in [5, 5.41) is 0. The van der Waals surface area contributed by atoms with E-state index >= 15 is 0 Å². The number of hydrogen-bond acceptors (Lipinski definition) is 4. The highest BCUT2D eigenvalue weighted by Gasteiger charge is 2.38. The van der Waals surface area contributed by atoms with Crippen LogP contribution in [0.2, 0.25) is 0 Å². The fraction of sp³-hybridized carbons (Fsp3) is 0.133. The molecule has 0 atom stereocenters. The van der Waals surface area contributed by atoms with Crippen LogP contribution in [0.25, 0.3) is 0 Å². The monoisotopic (exact) mass is 267 g/mol. The smallest absolute Gasteiger partial charge is 0.284 e. The predicted octanol–water partition coefficient (Wildman–Crippen LogP) is 1.95. The van der Waals surface area contributed by atoms with E-state index in [-0.39, 0.29) is 17.5 Å². The van der Waals surface area contributed by atoms with Crippen molar-refractivity contribution in [2.45, 2.75) is 0 Å². The summed E-state index contributed by atoms with van der Waals surface area (Å²) in [5.41, 5.74) is 1.92. The Morgan fingerprint density at radius 3 is 2.40 bits per heavy atom. The molecule has 0 saturated heterocycles. The van der Waals surface area contributed by atoms with E-state index in [1.54, 1.807) is 36.5 Å². The first-order valence-electron chi connectivity index (χ1n) is 6.21. The zero-order valence-electron chi connectivity index (χ0n) is 11.2. The molecule has 0 N–H and O–H groups in total. The third-order valence-electron chi connectivity index (χ3n) is 3.24. The lowest BCUT2D eigenvalue weighted by Gasteiger charge is -2.13. The minimum Gasteiger partial charge on any atom is -0.376 e. The highest BCUT2D eigenvalue weighted by Crippen LogP contribution is 2.28. The van der Waals surface area contributed by atoms with Crippen molar-refractivity contribution in [1.82, 2.24) is 4.98 Å². The lowest BCUT2D eigenvalue weighted by atomic mass is 10.2. The number of carbonyl (C=O) groups is 2. The molecule has 0 aliphatic carbocycles. The van der Waals surface area contributed by atoms with Crippen molar-refractivity contribution in [3.05, 3.63) is 53.9 Å². The van der Waals surface area contributed by atoms with Gasteiger partial charge in [-0.15, -0.1) is 0 Å². The Kier molecular flexibility index (Phi) is 2.75. The second-order valence-corrected chi connectivity index (χ2v) is 4.77. The van der Waals surface area contributed by atoms with Crippen LogP contribution in [0.3, 0.4) is 0 Å². The first-order chi connectivity index (χ1) is 9.59. The molecule has 1 aliphatic heterocycles. The van der Waals surface area contributed by atoms with Crippen LogP contribution in [0.15, 0.2) is 42.6 Å². The summed E-state index contributed by atoms with van der Waals surface area (Å²) in [4.78, 5) is 31.9. The molecule has 2 heterocycles. The van der Waals surface area contributed by atoms with Crippen molar-refractivity contribution in [2.75, 3.05) is 23.9 Å². The zero-order chi connectivity index (χ0) is 14.3. The quantitative estimate of drug-likeness (QED) is 0.780. The summed E-state index contributed by atoms with van der Waals surface area (Å²) in [6.45, 7) is 0. The minimum atomic E-state index is -0.374. The van der Waals surface area contributed by atoms with Crippen molar-refractivity contribution in [1.29, 1.82) is 0 Å². The molecule has 1 aliphatic rings. The van der Waals surface area contributed by atoms with Gasteiger partial charge in [0.15, 0.2) is 0 Å². The van der Waals surface area contributed by atoms with E-state index in [0.29, 0.717) is 11.3 Å². The van der Waals surface area contributed by atoms with Crippen molar-refractivity contribution in [3.63, 3.8) is 0 Å². The standard InChI is InChI=1S/C15H13N3O2/c1-17(2)11-8-12-13(16-9-11)15(20)18(14(12)19)10-6-4-3-5-7-10/h3-9H,1-2H3. The maximum atomic E-state index is 12.4. The number of aromatic nitrogens is 1. The number of fused-ring (bicyclic) bond motifs is 1. The van der Waals surface area contributed by atoms with Crippen molar-refractivity contribution < 1.29 is 9.59 Å². The lowest BCUT2D eigenvalue weighted by molar-refractivity contribution is 0.0924. The highest BCUT2D eigenvalue weighted by molar-refractivity contribution is 6.33. The third kappa shape index (κ3) is 1.75. The lowest BCUT2D eigenvalue weighted by Crippen LogP contribution is -2.29. The summed E-state index contributed by atoms with van der Waals surface area (Å²) in [5.74, 6) is -0.700. The molecule has 5 nitrogen and oxygen atoms in total. The fourth-order valence-corrected chi connectivity index (χ4v) is 2.16. The molecule has 1 aromatic carbocycles. The van der Waals surface area contributed by atoms with Crippen molar-refractivity contribution >= 4 is 23.2 Å². The minimum absolute atomic E-state index is 0.212. The average molecular weight is 267 g/mol. The number of nitrogens with zero attached hydrogens (tertiary/aromatic N) is 3. The van der Waals surface area contributed by atoms with Gasteiger partial charge in [-0.1, -0.05) is 18.2 Å². The molecule has 0 radical (unpaired) electrons. The van der Waals surface area contributed by atoms with Crippen LogP contribution in [0.5, 0.6) is 0 Å². The Morgan fingerprint density at radius 2 is 1.75 bits per heavy atom. The molecule has 1 aromatic heterocycles. The van der Waals surface area contributed by atoms with Gasteiger partial charge in [0.25, 0.3) is 11.8 Å². The van der Waals surface area contributed by atoms with Crippen LogP contribution >= 0.6 is 0 Å². The van der Waals surface area contributed by atoms with Gasteiger partial charge < -0.3 is 4.90 Å². The number of carbonyl (C=O) groups excluding carboxylic acids is 2. The van der Waals surface area contributed by atoms with Crippen LogP contribution in [-0.4, -0.2) is 30.9 Å². The Balaban J connectivity index is 2.08. The molecule has 20 heavy (non-hydrogen) atoms. The molecule has 0 unspecified atom stereocenters. The van der Waals surface area contributed by atoms with E-state index < -0.39 is 0 Å². The summed E-state index contributed by atoms with van der Waals surface area (Å²) in [7, 11) is 3.72. The fourth-order valence-electron chi connectivity index (χ4n) is 2.16. The zero-order valence-corrected chi connectivity index (χ0v) is 11.2. The number of hydrogen-bond donors (Lipinski definition) is 0. The van der Waals surface area contributed by atoms with E-state index in [0.717, 1.165) is 10.6 Å². The van der Waals surface area contributed by atoms with Gasteiger partial charge >= 0.3 is 0 Å². The van der Waals surface area contributed by atoms with E-state index in [2.05, 4.69) is 4.98 Å². The number of rotatable bonds is 2. The van der Waals surface area contributed by atoms with Crippen LogP contribution in [0.1, 0.15) is 20.8 Å². The molecule has 100 valence electrons.